The molecule has 0 unspecified atom stereocenters. The van der Waals surface area contributed by atoms with Crippen molar-refractivity contribution in [3.63, 3.8) is 0 Å². The van der Waals surface area contributed by atoms with E-state index in [0.717, 1.165) is 5.56 Å². The van der Waals surface area contributed by atoms with Crippen LogP contribution in [0, 0.1) is 0 Å². The van der Waals surface area contributed by atoms with E-state index in [0.29, 0.717) is 33.9 Å². The fraction of sp³-hybridized carbons (Fsp3) is 0.118. The summed E-state index contributed by atoms with van der Waals surface area (Å²) < 4.78 is 5.17. The smallest absolute Gasteiger partial charge is 0.227 e. The molecule has 7 heteroatoms. The Hall–Kier alpha value is -2.37. The van der Waals surface area contributed by atoms with E-state index in [4.69, 9.17) is 27.7 Å². The van der Waals surface area contributed by atoms with Gasteiger partial charge in [0.1, 0.15) is 0 Å². The minimum Gasteiger partial charge on any atom is -0.339 e. The summed E-state index contributed by atoms with van der Waals surface area (Å²) in [4.78, 5) is 16.2. The molecule has 1 amide bonds. The molecule has 24 heavy (non-hydrogen) atoms. The molecule has 0 saturated carbocycles. The van der Waals surface area contributed by atoms with Gasteiger partial charge in [0.05, 0.1) is 0 Å². The normalized spacial score (nSPS) is 10.6. The largest absolute Gasteiger partial charge is 0.339 e. The molecule has 1 N–H and O–H groups in total. The lowest BCUT2D eigenvalue weighted by Gasteiger charge is -2.04. The van der Waals surface area contributed by atoms with Crippen LogP contribution in [0.25, 0.3) is 11.4 Å². The Morgan fingerprint density at radius 3 is 2.62 bits per heavy atom. The first-order valence-corrected chi connectivity index (χ1v) is 8.00. The van der Waals surface area contributed by atoms with Gasteiger partial charge in [-0.2, -0.15) is 4.98 Å². The number of amides is 1. The van der Waals surface area contributed by atoms with Crippen molar-refractivity contribution in [2.24, 2.45) is 0 Å². The minimum atomic E-state index is -0.150. The molecule has 0 atom stereocenters. The van der Waals surface area contributed by atoms with E-state index in [-0.39, 0.29) is 12.3 Å². The predicted octanol–water partition coefficient (Wildman–Crippen LogP) is 4.61. The molecule has 1 aromatic heterocycles. The average Bonchev–Trinajstić information content (AvgIpc) is 3.03. The molecule has 122 valence electrons. The summed E-state index contributed by atoms with van der Waals surface area (Å²) in [5.74, 6) is 0.724. The molecule has 0 aliphatic rings. The van der Waals surface area contributed by atoms with Crippen molar-refractivity contribution in [3.8, 4) is 11.4 Å². The van der Waals surface area contributed by atoms with Gasteiger partial charge in [0.15, 0.2) is 0 Å². The van der Waals surface area contributed by atoms with E-state index in [1.165, 1.54) is 0 Å². The van der Waals surface area contributed by atoms with Crippen molar-refractivity contribution in [1.82, 2.24) is 10.1 Å². The number of benzene rings is 2. The van der Waals surface area contributed by atoms with Crippen LogP contribution in [0.3, 0.4) is 0 Å². The zero-order chi connectivity index (χ0) is 16.9. The van der Waals surface area contributed by atoms with E-state index >= 15 is 0 Å². The minimum absolute atomic E-state index is 0.150. The van der Waals surface area contributed by atoms with Crippen LogP contribution in [0.2, 0.25) is 10.0 Å². The van der Waals surface area contributed by atoms with E-state index in [2.05, 4.69) is 15.5 Å². The molecule has 0 spiro atoms. The molecule has 5 nitrogen and oxygen atoms in total. The highest BCUT2D eigenvalue weighted by molar-refractivity contribution is 6.31. The SMILES string of the molecule is O=C(CCc1nc(-c2ccc(Cl)cc2)no1)Nc1cccc(Cl)c1. The summed E-state index contributed by atoms with van der Waals surface area (Å²) in [7, 11) is 0. The van der Waals surface area contributed by atoms with Gasteiger partial charge in [-0.3, -0.25) is 4.79 Å². The van der Waals surface area contributed by atoms with Crippen LogP contribution < -0.4 is 5.32 Å². The first kappa shape index (κ1) is 16.5. The fourth-order valence-corrected chi connectivity index (χ4v) is 2.40. The summed E-state index contributed by atoms with van der Waals surface area (Å²) in [5, 5.41) is 7.89. The van der Waals surface area contributed by atoms with Gasteiger partial charge in [-0.15, -0.1) is 0 Å². The third kappa shape index (κ3) is 4.34. The van der Waals surface area contributed by atoms with E-state index < -0.39 is 0 Å². The van der Waals surface area contributed by atoms with Crippen LogP contribution in [-0.4, -0.2) is 16.0 Å². The summed E-state index contributed by atoms with van der Waals surface area (Å²) in [5.41, 5.74) is 1.46. The van der Waals surface area contributed by atoms with Crippen molar-refractivity contribution in [2.75, 3.05) is 5.32 Å². The maximum Gasteiger partial charge on any atom is 0.227 e. The van der Waals surface area contributed by atoms with Gasteiger partial charge < -0.3 is 9.84 Å². The monoisotopic (exact) mass is 361 g/mol. The molecule has 0 bridgehead atoms. The highest BCUT2D eigenvalue weighted by Crippen LogP contribution is 2.19. The van der Waals surface area contributed by atoms with Gasteiger partial charge in [-0.05, 0) is 42.5 Å². The number of aromatic nitrogens is 2. The highest BCUT2D eigenvalue weighted by atomic mass is 35.5. The zero-order valence-electron chi connectivity index (χ0n) is 12.5. The molecular formula is C17H13Cl2N3O2. The topological polar surface area (TPSA) is 68.0 Å². The number of aryl methyl sites for hydroxylation is 1. The summed E-state index contributed by atoms with van der Waals surface area (Å²) in [6.07, 6.45) is 0.585. The zero-order valence-corrected chi connectivity index (χ0v) is 14.0. The number of carbonyl (C=O) groups is 1. The Bertz CT molecular complexity index is 847. The predicted molar refractivity (Wildman–Crippen MR) is 93.1 cm³/mol. The average molecular weight is 362 g/mol. The van der Waals surface area contributed by atoms with Gasteiger partial charge >= 0.3 is 0 Å². The van der Waals surface area contributed by atoms with Gasteiger partial charge in [0.25, 0.3) is 0 Å². The Labute approximate surface area is 148 Å². The van der Waals surface area contributed by atoms with Crippen LogP contribution >= 0.6 is 23.2 Å². The molecule has 3 rings (SSSR count). The lowest BCUT2D eigenvalue weighted by Crippen LogP contribution is -2.12. The Morgan fingerprint density at radius 1 is 1.08 bits per heavy atom. The number of hydrogen-bond acceptors (Lipinski definition) is 4. The van der Waals surface area contributed by atoms with Crippen LogP contribution in [-0.2, 0) is 11.2 Å². The highest BCUT2D eigenvalue weighted by Gasteiger charge is 2.11. The number of nitrogens with one attached hydrogen (secondary N) is 1. The van der Waals surface area contributed by atoms with Crippen LogP contribution in [0.5, 0.6) is 0 Å². The van der Waals surface area contributed by atoms with Gasteiger partial charge in [0.2, 0.25) is 17.6 Å². The lowest BCUT2D eigenvalue weighted by molar-refractivity contribution is -0.116. The molecule has 0 saturated heterocycles. The third-order valence-corrected chi connectivity index (χ3v) is 3.73. The van der Waals surface area contributed by atoms with Gasteiger partial charge in [-0.25, -0.2) is 0 Å². The second-order valence-electron chi connectivity index (χ2n) is 5.08. The molecule has 1 heterocycles. The van der Waals surface area contributed by atoms with Gasteiger partial charge in [0, 0.05) is 34.1 Å². The summed E-state index contributed by atoms with van der Waals surface area (Å²) in [6, 6.07) is 14.1. The van der Waals surface area contributed by atoms with Crippen molar-refractivity contribution < 1.29 is 9.32 Å². The Morgan fingerprint density at radius 2 is 1.88 bits per heavy atom. The number of rotatable bonds is 5. The first-order chi connectivity index (χ1) is 11.6. The number of nitrogens with zero attached hydrogens (tertiary/aromatic N) is 2. The van der Waals surface area contributed by atoms with Crippen molar-refractivity contribution >= 4 is 34.8 Å². The Kier molecular flexibility index (Phi) is 5.13. The van der Waals surface area contributed by atoms with Crippen molar-refractivity contribution in [2.45, 2.75) is 12.8 Å². The van der Waals surface area contributed by atoms with Crippen LogP contribution in [0.4, 0.5) is 5.69 Å². The standard InChI is InChI=1S/C17H13Cl2N3O2/c18-12-6-4-11(5-7-12)17-21-16(24-22-17)9-8-15(23)20-14-3-1-2-13(19)10-14/h1-7,10H,8-9H2,(H,20,23). The maximum absolute atomic E-state index is 12.0. The van der Waals surface area contributed by atoms with E-state index in [1.807, 2.05) is 12.1 Å². The number of halogens is 2. The molecule has 0 fully saturated rings. The van der Waals surface area contributed by atoms with Crippen LogP contribution in [0.15, 0.2) is 53.1 Å². The van der Waals surface area contributed by atoms with Crippen molar-refractivity contribution in [1.29, 1.82) is 0 Å². The third-order valence-electron chi connectivity index (χ3n) is 3.24. The number of carbonyl (C=O) groups excluding carboxylic acids is 1. The molecule has 0 aliphatic heterocycles. The molecule has 0 radical (unpaired) electrons. The number of anilines is 1. The molecule has 2 aromatic carbocycles. The number of hydrogen-bond donors (Lipinski definition) is 1. The second kappa shape index (κ2) is 7.47. The Balaban J connectivity index is 1.57. The molecular weight excluding hydrogens is 349 g/mol. The van der Waals surface area contributed by atoms with Crippen LogP contribution in [0.1, 0.15) is 12.3 Å². The molecule has 0 aliphatic carbocycles. The lowest BCUT2D eigenvalue weighted by atomic mass is 10.2. The summed E-state index contributed by atoms with van der Waals surface area (Å²) >= 11 is 11.7. The fourth-order valence-electron chi connectivity index (χ4n) is 2.08. The maximum atomic E-state index is 12.0. The van der Waals surface area contributed by atoms with Crippen molar-refractivity contribution in [3.05, 3.63) is 64.5 Å². The molecule has 3 aromatic rings. The quantitative estimate of drug-likeness (QED) is 0.719. The summed E-state index contributed by atoms with van der Waals surface area (Å²) in [6.45, 7) is 0. The second-order valence-corrected chi connectivity index (χ2v) is 5.95. The van der Waals surface area contributed by atoms with Gasteiger partial charge in [-0.1, -0.05) is 34.4 Å². The first-order valence-electron chi connectivity index (χ1n) is 7.24. The van der Waals surface area contributed by atoms with E-state index in [1.54, 1.807) is 36.4 Å². The van der Waals surface area contributed by atoms with E-state index in [9.17, 15) is 4.79 Å².